The Kier molecular flexibility index (Phi) is 6.90. The SMILES string of the molecule is CC(C)(C)OC(=O)C1CCC(C2CCC(OCCO)CC2)CC1. The van der Waals surface area contributed by atoms with Gasteiger partial charge in [0.2, 0.25) is 0 Å². The van der Waals surface area contributed by atoms with Gasteiger partial charge in [-0.25, -0.2) is 0 Å². The molecule has 1 N–H and O–H groups in total. The Labute approximate surface area is 140 Å². The van der Waals surface area contributed by atoms with Crippen molar-refractivity contribution < 1.29 is 19.4 Å². The first-order chi connectivity index (χ1) is 10.9. The number of aliphatic hydroxyl groups is 1. The first-order valence-corrected chi connectivity index (χ1v) is 9.34. The molecule has 0 aromatic carbocycles. The quantitative estimate of drug-likeness (QED) is 0.783. The van der Waals surface area contributed by atoms with Crippen LogP contribution < -0.4 is 0 Å². The molecule has 2 fully saturated rings. The Bertz CT molecular complexity index is 358. The van der Waals surface area contributed by atoms with Crippen molar-refractivity contribution >= 4 is 5.97 Å². The number of carbonyl (C=O) groups is 1. The second-order valence-electron chi connectivity index (χ2n) is 8.28. The lowest BCUT2D eigenvalue weighted by Crippen LogP contribution is -2.33. The van der Waals surface area contributed by atoms with E-state index in [0.29, 0.717) is 12.7 Å². The second-order valence-corrected chi connectivity index (χ2v) is 8.28. The molecule has 2 rings (SSSR count). The summed E-state index contributed by atoms with van der Waals surface area (Å²) in [4.78, 5) is 12.2. The van der Waals surface area contributed by atoms with E-state index >= 15 is 0 Å². The topological polar surface area (TPSA) is 55.8 Å². The summed E-state index contributed by atoms with van der Waals surface area (Å²) in [6.07, 6.45) is 9.36. The van der Waals surface area contributed by atoms with Gasteiger partial charge in [-0.3, -0.25) is 4.79 Å². The molecule has 0 heterocycles. The molecule has 0 aromatic rings. The molecular formula is C19H34O4. The minimum absolute atomic E-state index is 0.00272. The van der Waals surface area contributed by atoms with Gasteiger partial charge >= 0.3 is 5.97 Å². The molecule has 134 valence electrons. The van der Waals surface area contributed by atoms with Crippen LogP contribution in [0, 0.1) is 17.8 Å². The average Bonchev–Trinajstić information content (AvgIpc) is 2.52. The highest BCUT2D eigenvalue weighted by molar-refractivity contribution is 5.72. The maximum absolute atomic E-state index is 12.2. The molecule has 0 saturated heterocycles. The lowest BCUT2D eigenvalue weighted by Gasteiger charge is -2.37. The van der Waals surface area contributed by atoms with Crippen LogP contribution in [0.2, 0.25) is 0 Å². The Hall–Kier alpha value is -0.610. The molecule has 0 atom stereocenters. The van der Waals surface area contributed by atoms with E-state index in [9.17, 15) is 4.79 Å². The summed E-state index contributed by atoms with van der Waals surface area (Å²) in [5, 5.41) is 8.83. The van der Waals surface area contributed by atoms with Crippen molar-refractivity contribution in [2.45, 2.75) is 83.8 Å². The highest BCUT2D eigenvalue weighted by Gasteiger charge is 2.34. The van der Waals surface area contributed by atoms with Crippen LogP contribution in [0.1, 0.15) is 72.1 Å². The monoisotopic (exact) mass is 326 g/mol. The minimum Gasteiger partial charge on any atom is -0.460 e. The first-order valence-electron chi connectivity index (χ1n) is 9.34. The second kappa shape index (κ2) is 8.48. The molecule has 0 aliphatic heterocycles. The summed E-state index contributed by atoms with van der Waals surface area (Å²) in [6, 6.07) is 0. The van der Waals surface area contributed by atoms with E-state index in [4.69, 9.17) is 14.6 Å². The molecule has 0 spiro atoms. The number of hydrogen-bond donors (Lipinski definition) is 1. The molecule has 2 saturated carbocycles. The summed E-state index contributed by atoms with van der Waals surface area (Å²) in [7, 11) is 0. The van der Waals surface area contributed by atoms with Crippen LogP contribution in [0.4, 0.5) is 0 Å². The van der Waals surface area contributed by atoms with Crippen LogP contribution in [-0.4, -0.2) is 36.0 Å². The van der Waals surface area contributed by atoms with E-state index in [1.807, 2.05) is 20.8 Å². The smallest absolute Gasteiger partial charge is 0.309 e. The van der Waals surface area contributed by atoms with Gasteiger partial charge in [0.05, 0.1) is 25.2 Å². The average molecular weight is 326 g/mol. The Morgan fingerprint density at radius 3 is 1.96 bits per heavy atom. The van der Waals surface area contributed by atoms with Crippen LogP contribution in [0.5, 0.6) is 0 Å². The van der Waals surface area contributed by atoms with Gasteiger partial charge in [0.25, 0.3) is 0 Å². The molecule has 4 nitrogen and oxygen atoms in total. The number of rotatable bonds is 5. The lowest BCUT2D eigenvalue weighted by molar-refractivity contribution is -0.161. The van der Waals surface area contributed by atoms with E-state index in [-0.39, 0.29) is 24.1 Å². The van der Waals surface area contributed by atoms with Gasteiger partial charge in [0.1, 0.15) is 5.60 Å². The van der Waals surface area contributed by atoms with Gasteiger partial charge in [0, 0.05) is 0 Å². The predicted molar refractivity (Wildman–Crippen MR) is 90.1 cm³/mol. The molecule has 0 amide bonds. The number of carbonyl (C=O) groups excluding carboxylic acids is 1. The van der Waals surface area contributed by atoms with Gasteiger partial charge in [-0.15, -0.1) is 0 Å². The van der Waals surface area contributed by atoms with E-state index in [1.54, 1.807) is 0 Å². The van der Waals surface area contributed by atoms with Gasteiger partial charge in [-0.05, 0) is 84.0 Å². The van der Waals surface area contributed by atoms with Crippen LogP contribution in [-0.2, 0) is 14.3 Å². The van der Waals surface area contributed by atoms with Crippen LogP contribution in [0.15, 0.2) is 0 Å². The highest BCUT2D eigenvalue weighted by atomic mass is 16.6. The zero-order valence-electron chi connectivity index (χ0n) is 15.1. The van der Waals surface area contributed by atoms with Crippen LogP contribution >= 0.6 is 0 Å². The number of hydrogen-bond acceptors (Lipinski definition) is 4. The van der Waals surface area contributed by atoms with E-state index < -0.39 is 0 Å². The third-order valence-corrected chi connectivity index (χ3v) is 5.34. The van der Waals surface area contributed by atoms with Crippen molar-refractivity contribution in [1.82, 2.24) is 0 Å². The molecule has 4 heteroatoms. The largest absolute Gasteiger partial charge is 0.460 e. The molecule has 0 unspecified atom stereocenters. The number of esters is 1. The molecule has 2 aliphatic carbocycles. The predicted octanol–water partition coefficient (Wildman–Crippen LogP) is 3.70. The standard InChI is InChI=1S/C19H34O4/c1-19(2,3)23-18(21)16-6-4-14(5-7-16)15-8-10-17(11-9-15)22-13-12-20/h14-17,20H,4-13H2,1-3H3. The molecular weight excluding hydrogens is 292 g/mol. The van der Waals surface area contributed by atoms with Crippen molar-refractivity contribution in [2.24, 2.45) is 17.8 Å². The van der Waals surface area contributed by atoms with Gasteiger partial charge in [0.15, 0.2) is 0 Å². The number of ether oxygens (including phenoxy) is 2. The maximum Gasteiger partial charge on any atom is 0.309 e. The third-order valence-electron chi connectivity index (χ3n) is 5.34. The number of aliphatic hydroxyl groups excluding tert-OH is 1. The Balaban J connectivity index is 1.70. The summed E-state index contributed by atoms with van der Waals surface area (Å²) in [5.41, 5.74) is -0.374. The van der Waals surface area contributed by atoms with Gasteiger partial charge in [-0.1, -0.05) is 0 Å². The molecule has 2 aliphatic rings. The fraction of sp³-hybridized carbons (Fsp3) is 0.947. The molecule has 23 heavy (non-hydrogen) atoms. The fourth-order valence-corrected chi connectivity index (χ4v) is 4.16. The van der Waals surface area contributed by atoms with Gasteiger partial charge < -0.3 is 14.6 Å². The highest BCUT2D eigenvalue weighted by Crippen LogP contribution is 2.41. The lowest BCUT2D eigenvalue weighted by atomic mass is 9.70. The summed E-state index contributed by atoms with van der Waals surface area (Å²) < 4.78 is 11.2. The summed E-state index contributed by atoms with van der Waals surface area (Å²) in [6.45, 7) is 6.40. The first kappa shape index (κ1) is 18.7. The molecule has 0 bridgehead atoms. The van der Waals surface area contributed by atoms with Gasteiger partial charge in [-0.2, -0.15) is 0 Å². The van der Waals surface area contributed by atoms with Crippen molar-refractivity contribution in [3.63, 3.8) is 0 Å². The van der Waals surface area contributed by atoms with Crippen molar-refractivity contribution in [2.75, 3.05) is 13.2 Å². The maximum atomic E-state index is 12.2. The minimum atomic E-state index is -0.374. The normalized spacial score (nSPS) is 32.5. The molecule has 0 aromatic heterocycles. The van der Waals surface area contributed by atoms with E-state index in [1.165, 1.54) is 12.8 Å². The van der Waals surface area contributed by atoms with Crippen molar-refractivity contribution in [1.29, 1.82) is 0 Å². The summed E-state index contributed by atoms with van der Waals surface area (Å²) in [5.74, 6) is 1.67. The van der Waals surface area contributed by atoms with Crippen molar-refractivity contribution in [3.8, 4) is 0 Å². The Morgan fingerprint density at radius 2 is 1.48 bits per heavy atom. The molecule has 0 radical (unpaired) electrons. The fourth-order valence-electron chi connectivity index (χ4n) is 4.16. The summed E-state index contributed by atoms with van der Waals surface area (Å²) >= 11 is 0. The third kappa shape index (κ3) is 6.07. The Morgan fingerprint density at radius 1 is 0.957 bits per heavy atom. The zero-order valence-corrected chi connectivity index (χ0v) is 15.1. The van der Waals surface area contributed by atoms with E-state index in [2.05, 4.69) is 0 Å². The van der Waals surface area contributed by atoms with Crippen molar-refractivity contribution in [3.05, 3.63) is 0 Å². The van der Waals surface area contributed by atoms with Crippen LogP contribution in [0.25, 0.3) is 0 Å². The van der Waals surface area contributed by atoms with Crippen LogP contribution in [0.3, 0.4) is 0 Å². The zero-order chi connectivity index (χ0) is 16.9. The van der Waals surface area contributed by atoms with E-state index in [0.717, 1.165) is 50.4 Å².